The Morgan fingerprint density at radius 2 is 1.80 bits per heavy atom. The van der Waals surface area contributed by atoms with Crippen LogP contribution >= 0.6 is 27.3 Å². The monoisotopic (exact) mass is 645 g/mol. The number of carbonyl (C=O) groups excluding carboxylic acids is 1. The minimum atomic E-state index is -0.839. The summed E-state index contributed by atoms with van der Waals surface area (Å²) in [7, 11) is 4.54. The summed E-state index contributed by atoms with van der Waals surface area (Å²) in [6.07, 6.45) is 5.16. The Morgan fingerprint density at radius 1 is 1.12 bits per heavy atom. The van der Waals surface area contributed by atoms with Gasteiger partial charge < -0.3 is 28.3 Å². The van der Waals surface area contributed by atoms with Crippen LogP contribution in [0.4, 0.5) is 5.88 Å². The van der Waals surface area contributed by atoms with E-state index < -0.39 is 12.0 Å². The molecule has 41 heavy (non-hydrogen) atoms. The number of carbonyl (C=O) groups is 1. The molecule has 218 valence electrons. The van der Waals surface area contributed by atoms with Gasteiger partial charge in [-0.15, -0.1) is 0 Å². The molecule has 0 saturated carbocycles. The minimum Gasteiger partial charge on any atom is -0.493 e. The Morgan fingerprint density at radius 3 is 2.41 bits per heavy atom. The highest BCUT2D eigenvalue weighted by Gasteiger charge is 2.35. The number of methoxy groups -OCH3 is 3. The second kappa shape index (κ2) is 12.2. The summed E-state index contributed by atoms with van der Waals surface area (Å²) >= 11 is 4.85. The van der Waals surface area contributed by atoms with Crippen LogP contribution in [0.25, 0.3) is 6.08 Å². The summed E-state index contributed by atoms with van der Waals surface area (Å²) in [5.74, 6) is 1.95. The zero-order valence-electron chi connectivity index (χ0n) is 23.6. The standard InChI is InChI=1S/C29H32BrN3O7S/c1-6-39-28(35)23-16(2)31-29-33(24(23)17-12-20(36-3)25(38-5)21(13-17)37-4)26(34)22(41-29)15-18-14-19(30)27(40-18)32-10-8-7-9-11-32/h12-15,24H,6-11H2,1-5H3/b22-15+/t24-/m0/s1. The second-order valence-corrected chi connectivity index (χ2v) is 11.5. The number of esters is 1. The average Bonchev–Trinajstić information content (AvgIpc) is 3.49. The van der Waals surface area contributed by atoms with Crippen molar-refractivity contribution in [2.75, 3.05) is 45.9 Å². The number of aromatic nitrogens is 1. The molecule has 2 aliphatic rings. The molecule has 12 heteroatoms. The molecule has 0 radical (unpaired) electrons. The number of piperidine rings is 1. The van der Waals surface area contributed by atoms with Crippen molar-refractivity contribution in [3.63, 3.8) is 0 Å². The molecule has 0 bridgehead atoms. The van der Waals surface area contributed by atoms with Crippen molar-refractivity contribution in [2.45, 2.75) is 39.2 Å². The van der Waals surface area contributed by atoms with Crippen LogP contribution < -0.4 is 34.0 Å². The lowest BCUT2D eigenvalue weighted by molar-refractivity contribution is -0.139. The molecule has 0 spiro atoms. The predicted molar refractivity (Wildman–Crippen MR) is 159 cm³/mol. The molecule has 0 N–H and O–H groups in total. The summed E-state index contributed by atoms with van der Waals surface area (Å²) in [6.45, 7) is 5.51. The highest BCUT2D eigenvalue weighted by Crippen LogP contribution is 2.42. The summed E-state index contributed by atoms with van der Waals surface area (Å²) in [4.78, 5) is 34.6. The molecule has 10 nitrogen and oxygen atoms in total. The molecule has 2 aromatic heterocycles. The second-order valence-electron chi connectivity index (χ2n) is 9.61. The number of ether oxygens (including phenoxy) is 4. The number of rotatable bonds is 8. The Kier molecular flexibility index (Phi) is 8.60. The fourth-order valence-corrected chi connectivity index (χ4v) is 6.84. The normalized spacial score (nSPS) is 17.3. The molecule has 1 atom stereocenters. The van der Waals surface area contributed by atoms with E-state index in [-0.39, 0.29) is 17.7 Å². The third-order valence-corrected chi connectivity index (χ3v) is 8.68. The molecule has 3 aromatic rings. The van der Waals surface area contributed by atoms with Crippen molar-refractivity contribution >= 4 is 45.2 Å². The first-order valence-corrected chi connectivity index (χ1v) is 15.0. The van der Waals surface area contributed by atoms with Crippen molar-refractivity contribution in [1.29, 1.82) is 0 Å². The Balaban J connectivity index is 1.68. The van der Waals surface area contributed by atoms with Crippen LogP contribution in [0.3, 0.4) is 0 Å². The van der Waals surface area contributed by atoms with E-state index in [1.54, 1.807) is 32.1 Å². The first-order chi connectivity index (χ1) is 19.8. The largest absolute Gasteiger partial charge is 0.493 e. The van der Waals surface area contributed by atoms with Crippen molar-refractivity contribution in [2.24, 2.45) is 4.99 Å². The van der Waals surface area contributed by atoms with Gasteiger partial charge in [0, 0.05) is 25.2 Å². The zero-order valence-corrected chi connectivity index (χ0v) is 26.0. The lowest BCUT2D eigenvalue weighted by Crippen LogP contribution is -2.40. The van der Waals surface area contributed by atoms with Gasteiger partial charge in [-0.05, 0) is 66.7 Å². The number of anilines is 1. The maximum Gasteiger partial charge on any atom is 0.338 e. The number of halogens is 1. The molecule has 5 rings (SSSR count). The Bertz CT molecular complexity index is 1660. The van der Waals surface area contributed by atoms with Gasteiger partial charge in [0.1, 0.15) is 5.76 Å². The average molecular weight is 647 g/mol. The van der Waals surface area contributed by atoms with E-state index in [0.717, 1.165) is 36.3 Å². The van der Waals surface area contributed by atoms with Gasteiger partial charge in [-0.2, -0.15) is 0 Å². The van der Waals surface area contributed by atoms with E-state index in [1.165, 1.54) is 43.7 Å². The molecule has 1 saturated heterocycles. The van der Waals surface area contributed by atoms with Crippen molar-refractivity contribution in [1.82, 2.24) is 4.57 Å². The van der Waals surface area contributed by atoms with Gasteiger partial charge in [-0.3, -0.25) is 9.36 Å². The van der Waals surface area contributed by atoms with E-state index in [1.807, 2.05) is 6.07 Å². The van der Waals surface area contributed by atoms with E-state index >= 15 is 0 Å². The van der Waals surface area contributed by atoms with Gasteiger partial charge in [-0.25, -0.2) is 9.79 Å². The van der Waals surface area contributed by atoms with Gasteiger partial charge in [0.25, 0.3) is 5.56 Å². The Hall–Kier alpha value is -3.51. The van der Waals surface area contributed by atoms with Crippen LogP contribution in [0.2, 0.25) is 0 Å². The molecular weight excluding hydrogens is 614 g/mol. The lowest BCUT2D eigenvalue weighted by atomic mass is 9.95. The third-order valence-electron chi connectivity index (χ3n) is 7.12. The molecule has 2 aliphatic heterocycles. The zero-order chi connectivity index (χ0) is 29.3. The number of allylic oxidation sites excluding steroid dienone is 1. The van der Waals surface area contributed by atoms with Gasteiger partial charge in [0.2, 0.25) is 11.6 Å². The number of hydrogen-bond acceptors (Lipinski definition) is 10. The van der Waals surface area contributed by atoms with E-state index in [9.17, 15) is 9.59 Å². The van der Waals surface area contributed by atoms with Crippen LogP contribution in [0.1, 0.15) is 50.5 Å². The maximum absolute atomic E-state index is 14.0. The molecule has 0 amide bonds. The predicted octanol–water partition coefficient (Wildman–Crippen LogP) is 4.17. The van der Waals surface area contributed by atoms with Crippen molar-refractivity contribution in [3.8, 4) is 17.2 Å². The topological polar surface area (TPSA) is 105 Å². The fraction of sp³-hybridized carbons (Fsp3) is 0.414. The lowest BCUT2D eigenvalue weighted by Gasteiger charge is -2.26. The number of fused-ring (bicyclic) bond motifs is 1. The smallest absolute Gasteiger partial charge is 0.338 e. The summed E-state index contributed by atoms with van der Waals surface area (Å²) in [5, 5.41) is 0. The SMILES string of the molecule is CCOC(=O)C1=C(C)N=c2s/c(=C/c3cc(Br)c(N4CCCCC4)o3)c(=O)n2[C@H]1c1cc(OC)c(OC)c(OC)c1. The van der Waals surface area contributed by atoms with Crippen LogP contribution in [-0.2, 0) is 9.53 Å². The van der Waals surface area contributed by atoms with Crippen molar-refractivity contribution < 1.29 is 28.2 Å². The quantitative estimate of drug-likeness (QED) is 0.336. The summed E-state index contributed by atoms with van der Waals surface area (Å²) < 4.78 is 31.0. The third kappa shape index (κ3) is 5.42. The molecular formula is C29H32BrN3O7S. The number of furan rings is 1. The Labute approximate surface area is 249 Å². The van der Waals surface area contributed by atoms with Crippen LogP contribution in [0, 0.1) is 0 Å². The number of hydrogen-bond donors (Lipinski definition) is 0. The number of benzene rings is 1. The summed E-state index contributed by atoms with van der Waals surface area (Å²) in [5.41, 5.74) is 0.989. The number of nitrogens with zero attached hydrogens (tertiary/aromatic N) is 3. The molecule has 0 unspecified atom stereocenters. The van der Waals surface area contributed by atoms with E-state index in [0.29, 0.717) is 43.6 Å². The van der Waals surface area contributed by atoms with Gasteiger partial charge in [0.15, 0.2) is 16.3 Å². The maximum atomic E-state index is 14.0. The van der Waals surface area contributed by atoms with E-state index in [2.05, 4.69) is 25.8 Å². The van der Waals surface area contributed by atoms with Gasteiger partial charge >= 0.3 is 5.97 Å². The van der Waals surface area contributed by atoms with Gasteiger partial charge in [0.05, 0.1) is 54.3 Å². The molecule has 1 fully saturated rings. The molecule has 1 aromatic carbocycles. The first-order valence-electron chi connectivity index (χ1n) is 13.3. The summed E-state index contributed by atoms with van der Waals surface area (Å²) in [6, 6.07) is 4.49. The number of thiazole rings is 1. The van der Waals surface area contributed by atoms with Crippen LogP contribution in [0.5, 0.6) is 17.2 Å². The highest BCUT2D eigenvalue weighted by atomic mass is 79.9. The van der Waals surface area contributed by atoms with E-state index in [4.69, 9.17) is 23.4 Å². The molecule has 4 heterocycles. The van der Waals surface area contributed by atoms with Gasteiger partial charge in [-0.1, -0.05) is 11.3 Å². The molecule has 0 aliphatic carbocycles. The fourth-order valence-electron chi connectivity index (χ4n) is 5.26. The van der Waals surface area contributed by atoms with Crippen LogP contribution in [0.15, 0.2) is 48.1 Å². The first kappa shape index (κ1) is 29.0. The van der Waals surface area contributed by atoms with Crippen LogP contribution in [-0.4, -0.2) is 51.6 Å². The van der Waals surface area contributed by atoms with Crippen molar-refractivity contribution in [3.05, 3.63) is 65.0 Å². The highest BCUT2D eigenvalue weighted by molar-refractivity contribution is 9.10. The minimum absolute atomic E-state index is 0.175.